The minimum absolute atomic E-state index is 0.112. The Morgan fingerprint density at radius 1 is 1.07 bits per heavy atom. The summed E-state index contributed by atoms with van der Waals surface area (Å²) in [6, 6.07) is 6.62. The van der Waals surface area contributed by atoms with Crippen LogP contribution in [0.15, 0.2) is 29.2 Å². The molecular weight excluding hydrogens is 396 g/mol. The summed E-state index contributed by atoms with van der Waals surface area (Å²) in [5.74, 6) is -0.139. The predicted octanol–water partition coefficient (Wildman–Crippen LogP) is 3.20. The van der Waals surface area contributed by atoms with Crippen LogP contribution in [0.3, 0.4) is 0 Å². The number of hydrogen-bond acceptors (Lipinski definition) is 7. The molecule has 0 amide bonds. The van der Waals surface area contributed by atoms with Crippen molar-refractivity contribution < 1.29 is 31.6 Å². The van der Waals surface area contributed by atoms with Crippen molar-refractivity contribution in [3.8, 4) is 0 Å². The molecule has 1 aliphatic heterocycles. The molecule has 0 atom stereocenters. The first kappa shape index (κ1) is 22.2. The third-order valence-electron chi connectivity index (χ3n) is 5.47. The quantitative estimate of drug-likeness (QED) is 0.340. The number of aryl methyl sites for hydroxylation is 1. The fraction of sp³-hybridized carbons (Fsp3) is 0.667. The summed E-state index contributed by atoms with van der Waals surface area (Å²) < 4.78 is 45.9. The highest BCUT2D eigenvalue weighted by atomic mass is 32.2. The van der Waals surface area contributed by atoms with E-state index < -0.39 is 10.1 Å². The van der Waals surface area contributed by atoms with Gasteiger partial charge >= 0.3 is 5.97 Å². The molecule has 0 unspecified atom stereocenters. The van der Waals surface area contributed by atoms with Gasteiger partial charge in [0.15, 0.2) is 6.29 Å². The molecular formula is C21H30O7S. The maximum absolute atomic E-state index is 12.3. The minimum Gasteiger partial charge on any atom is -0.465 e. The number of hydrogen-bond donors (Lipinski definition) is 0. The monoisotopic (exact) mass is 426 g/mol. The first-order valence-electron chi connectivity index (χ1n) is 10.3. The van der Waals surface area contributed by atoms with E-state index in [2.05, 4.69) is 0 Å². The molecule has 1 aliphatic carbocycles. The average Bonchev–Trinajstić information content (AvgIpc) is 3.24. The standard InChI is InChI=1S/C21H30O7S/c1-16-4-10-19(11-5-16)29(23,24)28-15-17-6-8-18(9-7-17)21(22)27-12-2-3-20-25-13-14-26-20/h4-5,10-11,17-18,20H,2-3,6-9,12-15H2,1H3. The van der Waals surface area contributed by atoms with Gasteiger partial charge in [0.1, 0.15) is 0 Å². The van der Waals surface area contributed by atoms with E-state index in [9.17, 15) is 13.2 Å². The van der Waals surface area contributed by atoms with E-state index in [0.29, 0.717) is 32.7 Å². The van der Waals surface area contributed by atoms with Crippen LogP contribution in [0.1, 0.15) is 44.1 Å². The topological polar surface area (TPSA) is 88.1 Å². The second kappa shape index (κ2) is 10.5. The molecule has 0 bridgehead atoms. The van der Waals surface area contributed by atoms with Gasteiger partial charge in [-0.05, 0) is 57.1 Å². The van der Waals surface area contributed by atoms with E-state index in [-0.39, 0.29) is 35.6 Å². The Hall–Kier alpha value is -1.48. The third-order valence-corrected chi connectivity index (χ3v) is 6.76. The largest absolute Gasteiger partial charge is 0.465 e. The fourth-order valence-electron chi connectivity index (χ4n) is 3.64. The van der Waals surface area contributed by atoms with Crippen molar-refractivity contribution in [3.05, 3.63) is 29.8 Å². The first-order chi connectivity index (χ1) is 13.9. The van der Waals surface area contributed by atoms with Gasteiger partial charge in [0.2, 0.25) is 0 Å². The van der Waals surface area contributed by atoms with Crippen molar-refractivity contribution in [2.45, 2.75) is 56.6 Å². The van der Waals surface area contributed by atoms with Gasteiger partial charge in [-0.15, -0.1) is 0 Å². The van der Waals surface area contributed by atoms with Crippen LogP contribution in [0.2, 0.25) is 0 Å². The Bertz CT molecular complexity index is 746. The number of esters is 1. The second-order valence-corrected chi connectivity index (χ2v) is 9.37. The lowest BCUT2D eigenvalue weighted by Gasteiger charge is -2.26. The molecule has 3 rings (SSSR count). The predicted molar refractivity (Wildman–Crippen MR) is 106 cm³/mol. The Balaban J connectivity index is 1.33. The number of carbonyl (C=O) groups excluding carboxylic acids is 1. The van der Waals surface area contributed by atoms with Crippen LogP contribution in [0.5, 0.6) is 0 Å². The Morgan fingerprint density at radius 2 is 1.72 bits per heavy atom. The highest BCUT2D eigenvalue weighted by Crippen LogP contribution is 2.30. The SMILES string of the molecule is Cc1ccc(S(=O)(=O)OCC2CCC(C(=O)OCCCC3OCCO3)CC2)cc1. The highest BCUT2D eigenvalue weighted by Gasteiger charge is 2.29. The van der Waals surface area contributed by atoms with E-state index in [1.807, 2.05) is 6.92 Å². The number of benzene rings is 1. The minimum atomic E-state index is -3.74. The molecule has 1 heterocycles. The zero-order valence-corrected chi connectivity index (χ0v) is 17.7. The molecule has 162 valence electrons. The summed E-state index contributed by atoms with van der Waals surface area (Å²) in [7, 11) is -3.74. The van der Waals surface area contributed by atoms with Crippen LogP contribution in [0, 0.1) is 18.8 Å². The van der Waals surface area contributed by atoms with E-state index in [1.165, 1.54) is 0 Å². The van der Waals surface area contributed by atoms with Gasteiger partial charge in [0, 0.05) is 6.42 Å². The van der Waals surface area contributed by atoms with Gasteiger partial charge in [-0.2, -0.15) is 8.42 Å². The van der Waals surface area contributed by atoms with E-state index in [1.54, 1.807) is 24.3 Å². The maximum Gasteiger partial charge on any atom is 0.308 e. The van der Waals surface area contributed by atoms with Crippen LogP contribution in [-0.4, -0.2) is 47.1 Å². The molecule has 0 spiro atoms. The molecule has 1 aromatic carbocycles. The molecule has 7 nitrogen and oxygen atoms in total. The summed E-state index contributed by atoms with van der Waals surface area (Å²) in [6.07, 6.45) is 4.20. The molecule has 0 N–H and O–H groups in total. The molecule has 0 aromatic heterocycles. The first-order valence-corrected chi connectivity index (χ1v) is 11.7. The summed E-state index contributed by atoms with van der Waals surface area (Å²) >= 11 is 0. The van der Waals surface area contributed by atoms with Crippen LogP contribution >= 0.6 is 0 Å². The number of carbonyl (C=O) groups is 1. The van der Waals surface area contributed by atoms with Crippen molar-refractivity contribution in [2.75, 3.05) is 26.4 Å². The zero-order valence-electron chi connectivity index (χ0n) is 16.9. The molecule has 1 saturated heterocycles. The lowest BCUT2D eigenvalue weighted by molar-refractivity contribution is -0.150. The van der Waals surface area contributed by atoms with Crippen molar-refractivity contribution >= 4 is 16.1 Å². The van der Waals surface area contributed by atoms with Gasteiger partial charge in [-0.3, -0.25) is 8.98 Å². The molecule has 1 saturated carbocycles. The summed E-state index contributed by atoms with van der Waals surface area (Å²) in [5.41, 5.74) is 0.995. The smallest absolute Gasteiger partial charge is 0.308 e. The van der Waals surface area contributed by atoms with Crippen LogP contribution in [0.25, 0.3) is 0 Å². The van der Waals surface area contributed by atoms with Gasteiger partial charge in [-0.1, -0.05) is 17.7 Å². The van der Waals surface area contributed by atoms with E-state index in [4.69, 9.17) is 18.4 Å². The molecule has 1 aromatic rings. The van der Waals surface area contributed by atoms with E-state index >= 15 is 0 Å². The summed E-state index contributed by atoms with van der Waals surface area (Å²) in [6.45, 7) is 3.69. The van der Waals surface area contributed by atoms with Gasteiger partial charge in [-0.25, -0.2) is 0 Å². The lowest BCUT2D eigenvalue weighted by Crippen LogP contribution is -2.26. The van der Waals surface area contributed by atoms with Crippen molar-refractivity contribution in [1.29, 1.82) is 0 Å². The van der Waals surface area contributed by atoms with Crippen molar-refractivity contribution in [2.24, 2.45) is 11.8 Å². The molecule has 0 radical (unpaired) electrons. The van der Waals surface area contributed by atoms with Crippen molar-refractivity contribution in [3.63, 3.8) is 0 Å². The lowest BCUT2D eigenvalue weighted by atomic mass is 9.82. The molecule has 2 aliphatic rings. The summed E-state index contributed by atoms with van der Waals surface area (Å²) in [5, 5.41) is 0. The van der Waals surface area contributed by atoms with Gasteiger partial charge < -0.3 is 14.2 Å². The van der Waals surface area contributed by atoms with Gasteiger partial charge in [0.25, 0.3) is 10.1 Å². The fourth-order valence-corrected chi connectivity index (χ4v) is 4.62. The number of rotatable bonds is 9. The van der Waals surface area contributed by atoms with Crippen LogP contribution in [0.4, 0.5) is 0 Å². The Labute approximate surface area is 172 Å². The Kier molecular flexibility index (Phi) is 8.06. The third kappa shape index (κ3) is 6.77. The van der Waals surface area contributed by atoms with Gasteiger partial charge in [0.05, 0.1) is 37.2 Å². The summed E-state index contributed by atoms with van der Waals surface area (Å²) in [4.78, 5) is 12.4. The molecule has 29 heavy (non-hydrogen) atoms. The normalized spacial score (nSPS) is 23.2. The second-order valence-electron chi connectivity index (χ2n) is 7.75. The average molecular weight is 427 g/mol. The Morgan fingerprint density at radius 3 is 2.38 bits per heavy atom. The van der Waals surface area contributed by atoms with E-state index in [0.717, 1.165) is 31.2 Å². The zero-order chi connectivity index (χ0) is 20.7. The van der Waals surface area contributed by atoms with Crippen LogP contribution in [-0.2, 0) is 33.3 Å². The molecule has 8 heteroatoms. The number of ether oxygens (including phenoxy) is 3. The van der Waals surface area contributed by atoms with Crippen LogP contribution < -0.4 is 0 Å². The molecule has 2 fully saturated rings. The maximum atomic E-state index is 12.3. The van der Waals surface area contributed by atoms with Crippen molar-refractivity contribution in [1.82, 2.24) is 0 Å². The highest BCUT2D eigenvalue weighted by molar-refractivity contribution is 7.86.